The molecule has 4 heteroatoms. The minimum Gasteiger partial charge on any atom is -0.408 e. The van der Waals surface area contributed by atoms with E-state index in [0.717, 1.165) is 55.8 Å². The van der Waals surface area contributed by atoms with Crippen molar-refractivity contribution in [1.29, 1.82) is 0 Å². The van der Waals surface area contributed by atoms with Crippen LogP contribution in [0, 0.1) is 0 Å². The van der Waals surface area contributed by atoms with Gasteiger partial charge in [-0.25, -0.2) is 0 Å². The van der Waals surface area contributed by atoms with Crippen LogP contribution in [0.2, 0.25) is 0 Å². The highest BCUT2D eigenvalue weighted by atomic mass is 31.2. The van der Waals surface area contributed by atoms with E-state index in [2.05, 4.69) is 122 Å². The van der Waals surface area contributed by atoms with Crippen LogP contribution in [-0.2, 0) is 23.7 Å². The van der Waals surface area contributed by atoms with Crippen LogP contribution in [0.15, 0.2) is 66.7 Å². The molecule has 0 fully saturated rings. The van der Waals surface area contributed by atoms with Crippen molar-refractivity contribution in [3.63, 3.8) is 0 Å². The highest BCUT2D eigenvalue weighted by molar-refractivity contribution is 7.43. The first kappa shape index (κ1) is 41.9. The molecule has 0 aliphatic heterocycles. The van der Waals surface area contributed by atoms with Gasteiger partial charge < -0.3 is 13.6 Å². The Bertz CT molecular complexity index is 1300. The molecule has 0 saturated heterocycles. The van der Waals surface area contributed by atoms with E-state index < -0.39 is 8.60 Å². The molecule has 0 heterocycles. The molecule has 278 valence electrons. The van der Waals surface area contributed by atoms with E-state index in [1.165, 1.54) is 99.3 Å². The summed E-state index contributed by atoms with van der Waals surface area (Å²) in [6.07, 6.45) is 22.2. The molecule has 0 aliphatic rings. The van der Waals surface area contributed by atoms with E-state index in [-0.39, 0.29) is 10.8 Å². The van der Waals surface area contributed by atoms with E-state index in [1.54, 1.807) is 0 Å². The Kier molecular flexibility index (Phi) is 18.8. The Morgan fingerprint density at radius 3 is 1.34 bits per heavy atom. The molecular formula is C46H71O3P. The summed E-state index contributed by atoms with van der Waals surface area (Å²) in [5.74, 6) is 2.59. The van der Waals surface area contributed by atoms with Gasteiger partial charge in [-0.3, -0.25) is 0 Å². The van der Waals surface area contributed by atoms with Crippen LogP contribution in [0.3, 0.4) is 0 Å². The Hall–Kier alpha value is -2.51. The monoisotopic (exact) mass is 703 g/mol. The highest BCUT2D eigenvalue weighted by Crippen LogP contribution is 2.48. The topological polar surface area (TPSA) is 27.7 Å². The summed E-state index contributed by atoms with van der Waals surface area (Å²) in [5, 5.41) is 0. The van der Waals surface area contributed by atoms with Crippen LogP contribution >= 0.6 is 8.60 Å². The lowest BCUT2D eigenvalue weighted by Crippen LogP contribution is -2.21. The third kappa shape index (κ3) is 13.9. The summed E-state index contributed by atoms with van der Waals surface area (Å²) in [7, 11) is -1.79. The normalized spacial score (nSPS) is 12.0. The maximum atomic E-state index is 6.93. The number of rotatable bonds is 26. The van der Waals surface area contributed by atoms with Crippen LogP contribution < -0.4 is 13.6 Å². The zero-order valence-corrected chi connectivity index (χ0v) is 34.1. The van der Waals surface area contributed by atoms with Gasteiger partial charge in [-0.15, -0.1) is 0 Å². The van der Waals surface area contributed by atoms with Gasteiger partial charge in [0.1, 0.15) is 17.2 Å². The van der Waals surface area contributed by atoms with E-state index >= 15 is 0 Å². The van der Waals surface area contributed by atoms with Gasteiger partial charge in [-0.2, -0.15) is 0 Å². The molecule has 0 unspecified atom stereocenters. The number of para-hydroxylation sites is 2. The fourth-order valence-corrected chi connectivity index (χ4v) is 7.50. The van der Waals surface area contributed by atoms with Crippen molar-refractivity contribution < 1.29 is 13.6 Å². The zero-order valence-electron chi connectivity index (χ0n) is 33.3. The van der Waals surface area contributed by atoms with E-state index in [0.29, 0.717) is 0 Å². The van der Waals surface area contributed by atoms with Crippen LogP contribution in [0.25, 0.3) is 0 Å². The second-order valence-electron chi connectivity index (χ2n) is 15.6. The lowest BCUT2D eigenvalue weighted by atomic mass is 9.76. The molecule has 0 radical (unpaired) electrons. The van der Waals surface area contributed by atoms with Crippen molar-refractivity contribution in [2.24, 2.45) is 0 Å². The quantitative estimate of drug-likeness (QED) is 0.0616. The van der Waals surface area contributed by atoms with Crippen molar-refractivity contribution in [2.45, 2.75) is 182 Å². The van der Waals surface area contributed by atoms with E-state index in [4.69, 9.17) is 13.6 Å². The fraction of sp³-hybridized carbons (Fsp3) is 0.609. The molecule has 0 N–H and O–H groups in total. The van der Waals surface area contributed by atoms with Crippen molar-refractivity contribution in [3.05, 3.63) is 89.0 Å². The number of aryl methyl sites for hydroxylation is 2. The smallest absolute Gasteiger partial charge is 0.408 e. The summed E-state index contributed by atoms with van der Waals surface area (Å²) < 4.78 is 20.6. The Labute approximate surface area is 309 Å². The SMILES string of the molecule is CCCCCCCCCc1ccccc1OP(Oc1ccccc1CCCCCCCCC)Oc1ccc(C(C)(C)CC)cc1C(C)(C)CC. The summed E-state index contributed by atoms with van der Waals surface area (Å²) in [4.78, 5) is 0. The van der Waals surface area contributed by atoms with Crippen molar-refractivity contribution >= 4 is 8.60 Å². The average molecular weight is 703 g/mol. The molecule has 0 atom stereocenters. The average Bonchev–Trinajstić information content (AvgIpc) is 3.12. The predicted octanol–water partition coefficient (Wildman–Crippen LogP) is 15.4. The van der Waals surface area contributed by atoms with Gasteiger partial charge in [0.15, 0.2) is 0 Å². The van der Waals surface area contributed by atoms with Crippen LogP contribution in [0.4, 0.5) is 0 Å². The van der Waals surface area contributed by atoms with Gasteiger partial charge in [-0.1, -0.05) is 181 Å². The number of benzene rings is 3. The molecule has 0 saturated carbocycles. The van der Waals surface area contributed by atoms with Crippen LogP contribution in [-0.4, -0.2) is 0 Å². The highest BCUT2D eigenvalue weighted by Gasteiger charge is 2.30. The standard InChI is InChI=1S/C46H71O3P/c1-9-13-15-17-19-21-23-29-38-31-25-27-33-42(38)47-50(48-43-34-28-26-32-39(43)30-24-22-20-18-16-14-10-2)49-44-36-35-40(45(5,6)11-3)37-41(44)46(7,8)12-4/h25-28,31-37H,9-24,29-30H2,1-8H3. The lowest BCUT2D eigenvalue weighted by Gasteiger charge is -2.31. The van der Waals surface area contributed by atoms with Crippen LogP contribution in [0.1, 0.15) is 180 Å². The maximum Gasteiger partial charge on any atom is 0.530 e. The molecule has 0 amide bonds. The molecule has 0 aromatic heterocycles. The number of hydrogen-bond donors (Lipinski definition) is 0. The molecule has 3 aromatic rings. The minimum absolute atomic E-state index is 0.0692. The summed E-state index contributed by atoms with van der Waals surface area (Å²) >= 11 is 0. The van der Waals surface area contributed by atoms with E-state index in [1.807, 2.05) is 0 Å². The molecule has 3 rings (SSSR count). The van der Waals surface area contributed by atoms with Gasteiger partial charge in [0, 0.05) is 5.56 Å². The molecule has 0 bridgehead atoms. The zero-order chi connectivity index (χ0) is 36.2. The number of unbranched alkanes of at least 4 members (excludes halogenated alkanes) is 12. The van der Waals surface area contributed by atoms with Crippen LogP contribution in [0.5, 0.6) is 17.2 Å². The third-order valence-corrected chi connectivity index (χ3v) is 11.9. The predicted molar refractivity (Wildman–Crippen MR) is 218 cm³/mol. The summed E-state index contributed by atoms with van der Waals surface area (Å²) in [6.45, 7) is 18.4. The second kappa shape index (κ2) is 22.4. The van der Waals surface area contributed by atoms with Crippen molar-refractivity contribution in [3.8, 4) is 17.2 Å². The molecule has 0 aliphatic carbocycles. The second-order valence-corrected chi connectivity index (χ2v) is 16.6. The Balaban J connectivity index is 1.89. The molecule has 0 spiro atoms. The van der Waals surface area contributed by atoms with E-state index in [9.17, 15) is 0 Å². The minimum atomic E-state index is -1.79. The molecular weight excluding hydrogens is 631 g/mol. The maximum absolute atomic E-state index is 6.93. The Morgan fingerprint density at radius 1 is 0.460 bits per heavy atom. The Morgan fingerprint density at radius 2 is 0.880 bits per heavy atom. The molecule has 3 nitrogen and oxygen atoms in total. The lowest BCUT2D eigenvalue weighted by molar-refractivity contribution is 0.375. The van der Waals surface area contributed by atoms with Crippen molar-refractivity contribution in [1.82, 2.24) is 0 Å². The fourth-order valence-electron chi connectivity index (χ4n) is 6.39. The summed E-state index contributed by atoms with van der Waals surface area (Å²) in [6, 6.07) is 23.8. The van der Waals surface area contributed by atoms with Gasteiger partial charge in [0.05, 0.1) is 0 Å². The third-order valence-electron chi connectivity index (χ3n) is 10.8. The van der Waals surface area contributed by atoms with Gasteiger partial charge in [0.2, 0.25) is 0 Å². The number of hydrogen-bond acceptors (Lipinski definition) is 3. The van der Waals surface area contributed by atoms with Gasteiger partial charge >= 0.3 is 8.60 Å². The van der Waals surface area contributed by atoms with Gasteiger partial charge in [0.25, 0.3) is 0 Å². The van der Waals surface area contributed by atoms with Gasteiger partial charge in [-0.05, 0) is 84.2 Å². The molecule has 3 aromatic carbocycles. The largest absolute Gasteiger partial charge is 0.530 e. The first-order valence-corrected chi connectivity index (χ1v) is 21.4. The molecule has 50 heavy (non-hydrogen) atoms. The first-order valence-electron chi connectivity index (χ1n) is 20.3. The first-order chi connectivity index (χ1) is 24.1. The summed E-state index contributed by atoms with van der Waals surface area (Å²) in [5.41, 5.74) is 5.03. The van der Waals surface area contributed by atoms with Crippen molar-refractivity contribution in [2.75, 3.05) is 0 Å².